The summed E-state index contributed by atoms with van der Waals surface area (Å²) in [6.45, 7) is 11.1. The van der Waals surface area contributed by atoms with Crippen LogP contribution in [0.5, 0.6) is 0 Å². The number of allylic oxidation sites excluding steroid dienone is 1. The second kappa shape index (κ2) is 9.99. The van der Waals surface area contributed by atoms with Gasteiger partial charge in [0.25, 0.3) is 0 Å². The summed E-state index contributed by atoms with van der Waals surface area (Å²) in [5.74, 6) is 3.27. The van der Waals surface area contributed by atoms with E-state index in [4.69, 9.17) is 13.9 Å². The topological polar surface area (TPSA) is 34.8 Å². The van der Waals surface area contributed by atoms with Crippen LogP contribution in [0.15, 0.2) is 34.7 Å². The predicted octanol–water partition coefficient (Wildman–Crippen LogP) is 6.82. The Morgan fingerprint density at radius 1 is 1.00 bits per heavy atom. The molecule has 4 aliphatic carbocycles. The third-order valence-corrected chi connectivity index (χ3v) is 11.3. The van der Waals surface area contributed by atoms with E-state index in [1.54, 1.807) is 5.57 Å². The minimum Gasteiger partial charge on any atom is -0.472 e. The number of hydrogen-bond acceptors (Lipinski definition) is 4. The second-order valence-corrected chi connectivity index (χ2v) is 12.9. The van der Waals surface area contributed by atoms with Crippen LogP contribution in [0.25, 0.3) is 0 Å². The Labute approximate surface area is 212 Å². The van der Waals surface area contributed by atoms with Crippen molar-refractivity contribution in [1.29, 1.82) is 0 Å². The zero-order valence-electron chi connectivity index (χ0n) is 22.2. The Morgan fingerprint density at radius 3 is 2.71 bits per heavy atom. The first kappa shape index (κ1) is 24.2. The molecule has 4 fully saturated rings. The normalized spacial score (nSPS) is 41.3. The van der Waals surface area contributed by atoms with E-state index >= 15 is 0 Å². The summed E-state index contributed by atoms with van der Waals surface area (Å²) in [5, 5.41) is 0. The fraction of sp³-hybridized carbons (Fsp3) is 0.806. The van der Waals surface area contributed by atoms with E-state index in [-0.39, 0.29) is 0 Å². The molecule has 2 unspecified atom stereocenters. The maximum Gasteiger partial charge on any atom is 0.0937 e. The summed E-state index contributed by atoms with van der Waals surface area (Å²) in [6.07, 6.45) is 20.1. The third kappa shape index (κ3) is 4.46. The lowest BCUT2D eigenvalue weighted by Gasteiger charge is -2.58. The number of likely N-dealkylation sites (tertiary alicyclic amines) is 1. The summed E-state index contributed by atoms with van der Waals surface area (Å²) in [4.78, 5) is 2.52. The highest BCUT2D eigenvalue weighted by atomic mass is 16.5. The lowest BCUT2D eigenvalue weighted by molar-refractivity contribution is -0.0576. The summed E-state index contributed by atoms with van der Waals surface area (Å²) in [6, 6.07) is 2.23. The van der Waals surface area contributed by atoms with Crippen LogP contribution in [-0.2, 0) is 9.47 Å². The van der Waals surface area contributed by atoms with E-state index in [2.05, 4.69) is 30.9 Å². The van der Waals surface area contributed by atoms with Crippen LogP contribution in [0.3, 0.4) is 0 Å². The molecule has 1 aliphatic heterocycles. The molecule has 6 rings (SSSR count). The first-order valence-corrected chi connectivity index (χ1v) is 14.7. The molecule has 0 aromatic carbocycles. The molecule has 3 saturated carbocycles. The summed E-state index contributed by atoms with van der Waals surface area (Å²) >= 11 is 0. The van der Waals surface area contributed by atoms with Gasteiger partial charge in [0.15, 0.2) is 0 Å². The van der Waals surface area contributed by atoms with Gasteiger partial charge in [-0.25, -0.2) is 0 Å². The average molecular weight is 482 g/mol. The highest BCUT2D eigenvalue weighted by molar-refractivity contribution is 5.28. The second-order valence-electron chi connectivity index (χ2n) is 12.9. The van der Waals surface area contributed by atoms with Crippen molar-refractivity contribution in [3.05, 3.63) is 35.8 Å². The molecule has 0 bridgehead atoms. The minimum absolute atomic E-state index is 0.388. The van der Waals surface area contributed by atoms with Crippen LogP contribution in [0.1, 0.15) is 89.5 Å². The zero-order chi connectivity index (χ0) is 23.9. The Balaban J connectivity index is 1.03. The lowest BCUT2D eigenvalue weighted by atomic mass is 9.47. The first-order chi connectivity index (χ1) is 17.1. The van der Waals surface area contributed by atoms with Crippen LogP contribution < -0.4 is 0 Å². The average Bonchev–Trinajstić information content (AvgIpc) is 3.62. The van der Waals surface area contributed by atoms with Crippen LogP contribution in [-0.4, -0.2) is 50.5 Å². The van der Waals surface area contributed by atoms with Crippen molar-refractivity contribution < 1.29 is 13.9 Å². The highest BCUT2D eigenvalue weighted by Gasteiger charge is 2.58. The Hall–Kier alpha value is -1.10. The Kier molecular flexibility index (Phi) is 6.92. The van der Waals surface area contributed by atoms with Gasteiger partial charge in [-0.2, -0.15) is 0 Å². The number of nitrogens with zero attached hydrogens (tertiary/aromatic N) is 1. The van der Waals surface area contributed by atoms with Crippen LogP contribution in [0.4, 0.5) is 0 Å². The number of ether oxygens (including phenoxy) is 2. The molecule has 7 atom stereocenters. The van der Waals surface area contributed by atoms with Crippen molar-refractivity contribution in [1.82, 2.24) is 4.90 Å². The van der Waals surface area contributed by atoms with E-state index in [9.17, 15) is 0 Å². The molecule has 2 heterocycles. The summed E-state index contributed by atoms with van der Waals surface area (Å²) < 4.78 is 17.7. The van der Waals surface area contributed by atoms with Crippen molar-refractivity contribution in [2.45, 2.75) is 90.1 Å². The van der Waals surface area contributed by atoms with Gasteiger partial charge in [-0.1, -0.05) is 25.5 Å². The van der Waals surface area contributed by atoms with E-state index in [1.807, 2.05) is 12.5 Å². The monoisotopic (exact) mass is 481 g/mol. The quantitative estimate of drug-likeness (QED) is 0.301. The number of furan rings is 1. The Morgan fingerprint density at radius 2 is 1.89 bits per heavy atom. The van der Waals surface area contributed by atoms with Crippen molar-refractivity contribution in [2.75, 3.05) is 39.5 Å². The van der Waals surface area contributed by atoms with Crippen molar-refractivity contribution in [3.63, 3.8) is 0 Å². The van der Waals surface area contributed by atoms with Crippen molar-refractivity contribution in [3.8, 4) is 0 Å². The smallest absolute Gasteiger partial charge is 0.0937 e. The van der Waals surface area contributed by atoms with Crippen LogP contribution in [0, 0.1) is 28.6 Å². The fourth-order valence-electron chi connectivity index (χ4n) is 9.37. The standard InChI is InChI=1S/C31H47NO3/c1-30-12-9-25(35-20-19-33-18-16-32-14-3-4-15-32)21-24(30)5-6-26-28-8-7-27(23-11-17-34-22-23)31(28,2)13-10-29(26)30/h5,11,17,22,25-29H,3-4,6-10,12-16,18-21H2,1-2H3/t25?,26-,27?,28-,29+,30-,31+/m0/s1. The molecule has 194 valence electrons. The van der Waals surface area contributed by atoms with Gasteiger partial charge in [-0.15, -0.1) is 0 Å². The molecule has 0 radical (unpaired) electrons. The largest absolute Gasteiger partial charge is 0.472 e. The molecule has 5 aliphatic rings. The van der Waals surface area contributed by atoms with Gasteiger partial charge >= 0.3 is 0 Å². The van der Waals surface area contributed by atoms with Gasteiger partial charge in [0.1, 0.15) is 0 Å². The molecule has 4 heteroatoms. The maximum atomic E-state index is 6.34. The summed E-state index contributed by atoms with van der Waals surface area (Å²) in [7, 11) is 0. The van der Waals surface area contributed by atoms with Crippen molar-refractivity contribution in [2.24, 2.45) is 28.6 Å². The van der Waals surface area contributed by atoms with Crippen LogP contribution in [0.2, 0.25) is 0 Å². The van der Waals surface area contributed by atoms with E-state index in [1.165, 1.54) is 76.4 Å². The molecule has 1 aromatic heterocycles. The molecule has 1 aromatic rings. The number of hydrogen-bond donors (Lipinski definition) is 0. The fourth-order valence-corrected chi connectivity index (χ4v) is 9.37. The predicted molar refractivity (Wildman–Crippen MR) is 139 cm³/mol. The molecule has 1 saturated heterocycles. The molecule has 35 heavy (non-hydrogen) atoms. The lowest BCUT2D eigenvalue weighted by Crippen LogP contribution is -2.50. The van der Waals surface area contributed by atoms with Crippen LogP contribution >= 0.6 is 0 Å². The number of fused-ring (bicyclic) bond motifs is 5. The zero-order valence-corrected chi connectivity index (χ0v) is 22.2. The van der Waals surface area contributed by atoms with Gasteiger partial charge in [0.2, 0.25) is 0 Å². The molecule has 0 N–H and O–H groups in total. The molecular weight excluding hydrogens is 434 g/mol. The van der Waals surface area contributed by atoms with Gasteiger partial charge in [0.05, 0.1) is 38.5 Å². The molecular formula is C31H47NO3. The SMILES string of the molecule is C[C@]12CCC(OCCOCCN3CCCC3)CC1=CC[C@@H]1[C@H]2CC[C@]2(C)C(c3ccoc3)CC[C@@H]12. The maximum absolute atomic E-state index is 6.34. The Bertz CT molecular complexity index is 874. The van der Waals surface area contributed by atoms with Gasteiger partial charge in [-0.3, -0.25) is 0 Å². The highest BCUT2D eigenvalue weighted by Crippen LogP contribution is 2.68. The van der Waals surface area contributed by atoms with Crippen molar-refractivity contribution >= 4 is 0 Å². The third-order valence-electron chi connectivity index (χ3n) is 11.3. The first-order valence-electron chi connectivity index (χ1n) is 14.7. The van der Waals surface area contributed by atoms with E-state index < -0.39 is 0 Å². The van der Waals surface area contributed by atoms with Gasteiger partial charge < -0.3 is 18.8 Å². The number of rotatable bonds is 8. The molecule has 4 nitrogen and oxygen atoms in total. The van der Waals surface area contributed by atoms with Gasteiger partial charge in [-0.05, 0) is 123 Å². The summed E-state index contributed by atoms with van der Waals surface area (Å²) in [5.41, 5.74) is 4.01. The van der Waals surface area contributed by atoms with E-state index in [0.717, 1.165) is 50.5 Å². The molecule has 0 amide bonds. The van der Waals surface area contributed by atoms with Gasteiger partial charge in [0, 0.05) is 6.54 Å². The molecule has 0 spiro atoms. The van der Waals surface area contributed by atoms with E-state index in [0.29, 0.717) is 22.9 Å². The minimum atomic E-state index is 0.388.